The number of phosphoric acid groups is 6. The average Bonchev–Trinajstić information content (AvgIpc) is 1.70. The maximum atomic E-state index is 12.7. The van der Waals surface area contributed by atoms with Gasteiger partial charge in [-0.3, -0.25) is 56.9 Å². The van der Waals surface area contributed by atoms with Crippen molar-refractivity contribution in [1.82, 2.24) is 29.7 Å². The molecule has 12 atom stereocenters. The van der Waals surface area contributed by atoms with Crippen LogP contribution in [0.4, 0.5) is 0 Å². The Morgan fingerprint density at radius 2 is 1.00 bits per heavy atom. The molecular weight excluding hydrogens is 1680 g/mol. The zero-order chi connectivity index (χ0) is 85.2. The van der Waals surface area contributed by atoms with E-state index in [1.54, 1.807) is 36.4 Å². The van der Waals surface area contributed by atoms with E-state index in [9.17, 15) is 85.3 Å². The fourth-order valence-corrected chi connectivity index (χ4v) is 15.2. The Kier molecular flexibility index (Phi) is 38.8. The SMILES string of the molecule is CCCCC(=O)c1cccc(OCC(N=[N+]=[N-])OCC(=O)NCC#Cc2cn([C@H]3CC(OCN=[N+]=[N-])[C@@H](COP(=O)(O)OP(=O)(O)OP(=O)(O)O)O3)c(=O)[nH]c2=O)c1.[N-]=[N+]=NCOC1C[C@H](n2cc(C#CCNC(=O)COC(COc3cccc(C(=O)CCN)c3)N=[N+]=[N-])c(=O)[nH]c2=O)O[C@@H]1COP(=O)(O)OP(=O)(O)OP(=O)(O)O. The van der Waals surface area contributed by atoms with E-state index >= 15 is 0 Å². The quantitative estimate of drug-likeness (QED) is 0.00755. The summed E-state index contributed by atoms with van der Waals surface area (Å²) in [5, 5.41) is 18.0. The van der Waals surface area contributed by atoms with Gasteiger partial charge >= 0.3 is 58.3 Å². The molecule has 4 heterocycles. The summed E-state index contributed by atoms with van der Waals surface area (Å²) in [7, 11) is -34.2. The number of aromatic amines is 2. The van der Waals surface area contributed by atoms with Crippen molar-refractivity contribution in [3.8, 4) is 35.2 Å². The molecule has 626 valence electrons. The van der Waals surface area contributed by atoms with Crippen LogP contribution >= 0.6 is 46.9 Å². The molecule has 2 aromatic heterocycles. The minimum absolute atomic E-state index is 0.0559. The second-order valence-electron chi connectivity index (χ2n) is 22.3. The number of amides is 2. The van der Waals surface area contributed by atoms with Crippen molar-refractivity contribution in [3.05, 3.63) is 167 Å². The fraction of sp³-hybridized carbons (Fsp3) is 0.481. The van der Waals surface area contributed by atoms with E-state index in [0.29, 0.717) is 23.3 Å². The summed E-state index contributed by atoms with van der Waals surface area (Å²) in [5.74, 6) is 8.82. The Labute approximate surface area is 643 Å². The summed E-state index contributed by atoms with van der Waals surface area (Å²) >= 11 is 0. The number of ketones is 2. The molecule has 0 aliphatic carbocycles. The number of aromatic nitrogens is 4. The topological polar surface area (TPSA) is 817 Å². The number of unbranched alkanes of at least 4 members (excludes halogenated alkanes) is 1. The zero-order valence-corrected chi connectivity index (χ0v) is 64.3. The van der Waals surface area contributed by atoms with Crippen LogP contribution in [0.25, 0.3) is 41.8 Å². The number of H-pyrrole nitrogens is 2. The minimum atomic E-state index is -5.84. The van der Waals surface area contributed by atoms with Crippen molar-refractivity contribution < 1.29 is 150 Å². The molecule has 14 N–H and O–H groups in total. The molecule has 2 amide bonds. The Balaban J connectivity index is 0.000000411. The number of carbonyl (C=O) groups is 4. The van der Waals surface area contributed by atoms with Gasteiger partial charge in [-0.05, 0) is 59.4 Å². The van der Waals surface area contributed by atoms with Crippen molar-refractivity contribution in [1.29, 1.82) is 0 Å². The van der Waals surface area contributed by atoms with E-state index in [2.05, 4.69) is 101 Å². The molecule has 2 saturated heterocycles. The molecule has 0 radical (unpaired) electrons. The van der Waals surface area contributed by atoms with Gasteiger partial charge in [-0.25, -0.2) is 37.0 Å². The summed E-state index contributed by atoms with van der Waals surface area (Å²) in [4.78, 5) is 187. The third-order valence-corrected chi connectivity index (χ3v) is 21.6. The molecule has 55 nitrogen and oxygen atoms in total. The number of ether oxygens (including phenoxy) is 8. The van der Waals surface area contributed by atoms with Gasteiger partial charge in [0.25, 0.3) is 11.1 Å². The number of nitrogens with two attached hydrogens (primary N) is 1. The molecule has 4 aromatic rings. The lowest BCUT2D eigenvalue weighted by atomic mass is 10.1. The van der Waals surface area contributed by atoms with Crippen LogP contribution in [0.3, 0.4) is 0 Å². The van der Waals surface area contributed by atoms with Crippen molar-refractivity contribution in [2.24, 2.45) is 26.2 Å². The zero-order valence-electron chi connectivity index (χ0n) is 58.9. The summed E-state index contributed by atoms with van der Waals surface area (Å²) in [5.41, 5.74) is 36.6. The maximum absolute atomic E-state index is 12.7. The summed E-state index contributed by atoms with van der Waals surface area (Å²) in [6.07, 6.45) is -6.71. The van der Waals surface area contributed by atoms with Crippen LogP contribution in [0, 0.1) is 23.7 Å². The second-order valence-corrected chi connectivity index (χ2v) is 31.2. The molecule has 115 heavy (non-hydrogen) atoms. The van der Waals surface area contributed by atoms with Crippen LogP contribution in [0.2, 0.25) is 0 Å². The highest BCUT2D eigenvalue weighted by atomic mass is 31.3. The van der Waals surface area contributed by atoms with E-state index in [4.69, 9.17) is 85.3 Å². The number of azide groups is 4. The van der Waals surface area contributed by atoms with Gasteiger partial charge in [-0.2, -0.15) is 17.2 Å². The Morgan fingerprint density at radius 3 is 1.37 bits per heavy atom. The smallest absolute Gasteiger partial charge is 0.490 e. The lowest BCUT2D eigenvalue weighted by molar-refractivity contribution is -0.128. The number of nitrogens with one attached hydrogen (secondary N) is 4. The Bertz CT molecular complexity index is 5010. The minimum Gasteiger partial charge on any atom is -0.491 e. The summed E-state index contributed by atoms with van der Waals surface area (Å²) in [6, 6.07) is 12.6. The fourth-order valence-electron chi connectivity index (χ4n) is 9.19. The molecule has 0 spiro atoms. The van der Waals surface area contributed by atoms with Gasteiger partial charge in [0.2, 0.25) is 11.8 Å². The van der Waals surface area contributed by atoms with Gasteiger partial charge in [0.15, 0.2) is 24.0 Å². The van der Waals surface area contributed by atoms with Crippen molar-refractivity contribution in [3.63, 3.8) is 0 Å². The van der Waals surface area contributed by atoms with Gasteiger partial charge < -0.3 is 93.4 Å². The standard InChI is InChI=1S/C28H36N9O18P3.C26H33N10O18P3/c1-2-3-9-21(38)18-6-4-8-20(11-18)49-16-25(34-36-30)50-15-24(39)31-10-5-7-19-13-37(28(41)33-27(19)40)26-12-22(51-17-32-35-29)23(53-26)14-52-57(45,46)55-58(47,48)54-56(42,43)44;27-7-6-19(37)16-3-1-5-18(9-16)48-14-23(33-35-29)49-13-22(38)30-8-2-4-17-11-36(26(40)32-25(17)39)24-10-20(50-15-31-34-28)21(52-24)12-51-56(44,45)54-57(46,47)53-55(41,42)43/h4,6,8,11,13,22-23,25-26H,2-3,9-10,12,14-17H2,1H3,(H,31,39)(H,45,46)(H,47,48)(H,33,40,41)(H2,42,43,44);1,3,5,9,11,20-21,23-24H,6-8,10,12-15,27H2,(H,30,38)(H,44,45)(H,46,47)(H,32,39,40)(H2,41,42,43)/t22?,23-,25?,26-;20?,21-,23?,24-/m11/s1. The number of carbonyl (C=O) groups excluding carboxylic acids is 4. The molecule has 0 saturated carbocycles. The molecule has 2 fully saturated rings. The van der Waals surface area contributed by atoms with Crippen LogP contribution < -0.4 is 48.3 Å². The average molecular weight is 1750 g/mol. The highest BCUT2D eigenvalue weighted by Crippen LogP contribution is 2.67. The molecule has 6 rings (SSSR count). The second kappa shape index (κ2) is 46.4. The van der Waals surface area contributed by atoms with Gasteiger partial charge in [0.1, 0.15) is 87.2 Å². The molecular formula is C54H69N19O36P6. The maximum Gasteiger partial charge on any atom is 0.490 e. The van der Waals surface area contributed by atoms with Crippen molar-refractivity contribution in [2.45, 2.75) is 94.8 Å². The number of hydrogen-bond donors (Lipinski definition) is 13. The molecule has 2 aliphatic heterocycles. The van der Waals surface area contributed by atoms with E-state index in [0.717, 1.165) is 34.4 Å². The lowest BCUT2D eigenvalue weighted by Gasteiger charge is -2.21. The third kappa shape index (κ3) is 35.7. The van der Waals surface area contributed by atoms with E-state index in [-0.39, 0.29) is 80.6 Å². The first-order valence-corrected chi connectivity index (χ1v) is 41.1. The highest BCUT2D eigenvalue weighted by Gasteiger charge is 2.46. The van der Waals surface area contributed by atoms with Crippen molar-refractivity contribution >= 4 is 70.3 Å². The highest BCUT2D eigenvalue weighted by molar-refractivity contribution is 7.67. The van der Waals surface area contributed by atoms with Gasteiger partial charge in [0.05, 0.1) is 38.5 Å². The first-order chi connectivity index (χ1) is 54.2. The van der Waals surface area contributed by atoms with Crippen LogP contribution in [0.1, 0.15) is 89.7 Å². The summed E-state index contributed by atoms with van der Waals surface area (Å²) < 4.78 is 139. The third-order valence-electron chi connectivity index (χ3n) is 14.0. The largest absolute Gasteiger partial charge is 0.491 e. The van der Waals surface area contributed by atoms with E-state index in [1.165, 1.54) is 12.1 Å². The van der Waals surface area contributed by atoms with E-state index < -0.39 is 170 Å². The Morgan fingerprint density at radius 1 is 0.600 bits per heavy atom. The first kappa shape index (κ1) is 96.2. The number of rotatable bonds is 45. The van der Waals surface area contributed by atoms with Gasteiger partial charge in [-0.15, -0.1) is 0 Å². The molecule has 8 unspecified atom stereocenters. The van der Waals surface area contributed by atoms with Gasteiger partial charge in [0, 0.05) is 68.9 Å². The molecule has 2 aromatic carbocycles. The normalized spacial score (nSPS) is 18.9. The van der Waals surface area contributed by atoms with Crippen LogP contribution in [-0.4, -0.2) is 191 Å². The summed E-state index contributed by atoms with van der Waals surface area (Å²) in [6.45, 7) is -3.54. The Hall–Kier alpha value is -9.42. The molecule has 0 bridgehead atoms. The van der Waals surface area contributed by atoms with Gasteiger partial charge in [-0.1, -0.05) is 81.7 Å². The predicted molar refractivity (Wildman–Crippen MR) is 380 cm³/mol. The van der Waals surface area contributed by atoms with E-state index in [1.807, 2.05) is 16.9 Å². The monoisotopic (exact) mass is 1750 g/mol. The first-order valence-electron chi connectivity index (χ1n) is 32.1. The number of benzene rings is 2. The van der Waals surface area contributed by atoms with Crippen LogP contribution in [0.5, 0.6) is 11.5 Å². The number of hydrogen-bond acceptors (Lipinski definition) is 33. The number of Topliss-reactive ketones (excluding diaryl/α,β-unsaturated/α-hetero) is 2. The van der Waals surface area contributed by atoms with Crippen molar-refractivity contribution in [2.75, 3.05) is 72.7 Å². The van der Waals surface area contributed by atoms with Crippen LogP contribution in [-0.2, 0) is 91.7 Å². The van der Waals surface area contributed by atoms with Crippen LogP contribution in [0.15, 0.2) is 101 Å². The molecule has 61 heteroatoms. The molecule has 2 aliphatic rings. The lowest BCUT2D eigenvalue weighted by Crippen LogP contribution is -2.34. The predicted octanol–water partition coefficient (Wildman–Crippen LogP) is 2.94. The number of nitrogens with zero attached hydrogens (tertiary/aromatic N) is 14. The number of phosphoric ester groups is 2.